The summed E-state index contributed by atoms with van der Waals surface area (Å²) < 4.78 is 26.8. The van der Waals surface area contributed by atoms with Crippen molar-refractivity contribution in [1.29, 1.82) is 5.41 Å². The Morgan fingerprint density at radius 1 is 1.44 bits per heavy atom. The van der Waals surface area contributed by atoms with Gasteiger partial charge in [0.2, 0.25) is 12.3 Å². The van der Waals surface area contributed by atoms with Crippen molar-refractivity contribution in [2.75, 3.05) is 11.9 Å². The molecule has 150 valence electrons. The SMILES string of the molecule is CCNc1cc(=O)n(CC(=O)NC2(C(C)=N)CC2)c(CCC(C)C(F)F)n1. The molecule has 0 radical (unpaired) electrons. The lowest BCUT2D eigenvalue weighted by Crippen LogP contribution is -2.44. The lowest BCUT2D eigenvalue weighted by molar-refractivity contribution is -0.122. The Hall–Kier alpha value is -2.32. The van der Waals surface area contributed by atoms with E-state index in [9.17, 15) is 18.4 Å². The third kappa shape index (κ3) is 5.33. The largest absolute Gasteiger partial charge is 0.370 e. The van der Waals surface area contributed by atoms with Crippen LogP contribution in [0.3, 0.4) is 0 Å². The minimum absolute atomic E-state index is 0.158. The summed E-state index contributed by atoms with van der Waals surface area (Å²) in [4.78, 5) is 29.2. The Morgan fingerprint density at radius 2 is 2.11 bits per heavy atom. The minimum Gasteiger partial charge on any atom is -0.370 e. The summed E-state index contributed by atoms with van der Waals surface area (Å²) >= 11 is 0. The van der Waals surface area contributed by atoms with Crippen LogP contribution in [0.25, 0.3) is 0 Å². The number of amides is 1. The van der Waals surface area contributed by atoms with E-state index in [1.165, 1.54) is 17.6 Å². The Bertz CT molecular complexity index is 759. The van der Waals surface area contributed by atoms with Gasteiger partial charge in [-0.25, -0.2) is 13.8 Å². The van der Waals surface area contributed by atoms with Crippen molar-refractivity contribution >= 4 is 17.4 Å². The Balaban J connectivity index is 2.20. The van der Waals surface area contributed by atoms with Crippen LogP contribution in [0.1, 0.15) is 45.9 Å². The van der Waals surface area contributed by atoms with Crippen LogP contribution in [0.4, 0.5) is 14.6 Å². The second-order valence-corrected chi connectivity index (χ2v) is 7.12. The molecular weight excluding hydrogens is 356 g/mol. The quantitative estimate of drug-likeness (QED) is 0.539. The molecule has 0 aromatic carbocycles. The van der Waals surface area contributed by atoms with Gasteiger partial charge in [-0.1, -0.05) is 6.92 Å². The summed E-state index contributed by atoms with van der Waals surface area (Å²) in [5, 5.41) is 13.5. The molecule has 1 aromatic heterocycles. The van der Waals surface area contributed by atoms with E-state index in [4.69, 9.17) is 5.41 Å². The number of aryl methyl sites for hydroxylation is 1. The molecule has 1 fully saturated rings. The molecule has 2 rings (SSSR count). The minimum atomic E-state index is -2.45. The molecule has 1 atom stereocenters. The van der Waals surface area contributed by atoms with Crippen LogP contribution in [-0.2, 0) is 17.8 Å². The van der Waals surface area contributed by atoms with Gasteiger partial charge in [-0.05, 0) is 33.1 Å². The van der Waals surface area contributed by atoms with Gasteiger partial charge in [0.15, 0.2) is 0 Å². The lowest BCUT2D eigenvalue weighted by Gasteiger charge is -2.19. The van der Waals surface area contributed by atoms with Crippen LogP contribution in [0.2, 0.25) is 0 Å². The number of hydrogen-bond donors (Lipinski definition) is 3. The zero-order valence-corrected chi connectivity index (χ0v) is 15.9. The average Bonchev–Trinajstić information content (AvgIpc) is 3.36. The van der Waals surface area contributed by atoms with E-state index in [1.807, 2.05) is 6.92 Å². The number of alkyl halides is 2. The number of nitrogens with one attached hydrogen (secondary N) is 3. The molecule has 27 heavy (non-hydrogen) atoms. The maximum Gasteiger partial charge on any atom is 0.256 e. The number of carbonyl (C=O) groups is 1. The van der Waals surface area contributed by atoms with Crippen LogP contribution >= 0.6 is 0 Å². The molecule has 1 aliphatic rings. The molecule has 1 heterocycles. The molecule has 3 N–H and O–H groups in total. The van der Waals surface area contributed by atoms with Gasteiger partial charge in [-0.15, -0.1) is 0 Å². The van der Waals surface area contributed by atoms with Gasteiger partial charge in [0, 0.05) is 30.7 Å². The Morgan fingerprint density at radius 3 is 2.63 bits per heavy atom. The third-order valence-electron chi connectivity index (χ3n) is 4.85. The summed E-state index contributed by atoms with van der Waals surface area (Å²) in [5.41, 5.74) is -0.621. The van der Waals surface area contributed by atoms with E-state index in [2.05, 4.69) is 15.6 Å². The number of aromatic nitrogens is 2. The second-order valence-electron chi connectivity index (χ2n) is 7.12. The molecule has 0 aliphatic heterocycles. The summed E-state index contributed by atoms with van der Waals surface area (Å²) in [6.45, 7) is 5.26. The first kappa shape index (κ1) is 21.0. The molecule has 0 spiro atoms. The monoisotopic (exact) mass is 383 g/mol. The highest BCUT2D eigenvalue weighted by molar-refractivity contribution is 5.95. The first-order valence-electron chi connectivity index (χ1n) is 9.18. The van der Waals surface area contributed by atoms with E-state index >= 15 is 0 Å². The topological polar surface area (TPSA) is 99.9 Å². The Labute approximate surface area is 157 Å². The molecule has 1 saturated carbocycles. The molecule has 1 unspecified atom stereocenters. The van der Waals surface area contributed by atoms with Gasteiger partial charge >= 0.3 is 0 Å². The predicted molar refractivity (Wildman–Crippen MR) is 99.7 cm³/mol. The van der Waals surface area contributed by atoms with E-state index in [0.717, 1.165) is 0 Å². The maximum atomic E-state index is 12.8. The molecule has 0 saturated heterocycles. The number of halogens is 2. The fraction of sp³-hybridized carbons (Fsp3) is 0.667. The van der Waals surface area contributed by atoms with Crippen molar-refractivity contribution in [1.82, 2.24) is 14.9 Å². The van der Waals surface area contributed by atoms with Crippen molar-refractivity contribution < 1.29 is 13.6 Å². The van der Waals surface area contributed by atoms with E-state index in [-0.39, 0.29) is 25.3 Å². The summed E-state index contributed by atoms with van der Waals surface area (Å²) in [6, 6.07) is 1.30. The molecule has 7 nitrogen and oxygen atoms in total. The van der Waals surface area contributed by atoms with Crippen LogP contribution in [0.15, 0.2) is 10.9 Å². The van der Waals surface area contributed by atoms with E-state index < -0.39 is 23.4 Å². The highest BCUT2D eigenvalue weighted by Gasteiger charge is 2.46. The van der Waals surface area contributed by atoms with E-state index in [1.54, 1.807) is 6.92 Å². The maximum absolute atomic E-state index is 12.8. The smallest absolute Gasteiger partial charge is 0.256 e. The third-order valence-corrected chi connectivity index (χ3v) is 4.85. The van der Waals surface area contributed by atoms with Crippen molar-refractivity contribution in [3.8, 4) is 0 Å². The lowest BCUT2D eigenvalue weighted by atomic mass is 10.1. The van der Waals surface area contributed by atoms with E-state index in [0.29, 0.717) is 36.7 Å². The summed E-state index contributed by atoms with van der Waals surface area (Å²) in [7, 11) is 0. The van der Waals surface area contributed by atoms with Gasteiger partial charge in [0.25, 0.3) is 5.56 Å². The molecular formula is C18H27F2N5O2. The zero-order chi connectivity index (χ0) is 20.2. The molecule has 1 aromatic rings. The van der Waals surface area contributed by atoms with Gasteiger partial charge in [0.1, 0.15) is 18.2 Å². The Kier molecular flexibility index (Phi) is 6.67. The van der Waals surface area contributed by atoms with Crippen molar-refractivity contribution in [2.45, 2.75) is 65.0 Å². The molecule has 1 aliphatic carbocycles. The van der Waals surface area contributed by atoms with Gasteiger partial charge in [-0.3, -0.25) is 14.2 Å². The van der Waals surface area contributed by atoms with Gasteiger partial charge < -0.3 is 16.0 Å². The summed E-state index contributed by atoms with van der Waals surface area (Å²) in [6.07, 6.45) is -0.707. The second kappa shape index (κ2) is 8.58. The fourth-order valence-electron chi connectivity index (χ4n) is 2.84. The average molecular weight is 383 g/mol. The van der Waals surface area contributed by atoms with Gasteiger partial charge in [0.05, 0.1) is 5.54 Å². The molecule has 1 amide bonds. The van der Waals surface area contributed by atoms with Crippen molar-refractivity contribution in [3.05, 3.63) is 22.2 Å². The first-order chi connectivity index (χ1) is 12.7. The molecule has 0 bridgehead atoms. The predicted octanol–water partition coefficient (Wildman–Crippen LogP) is 2.20. The summed E-state index contributed by atoms with van der Waals surface area (Å²) in [5.74, 6) is -0.546. The number of rotatable bonds is 10. The number of nitrogens with zero attached hydrogens (tertiary/aromatic N) is 2. The van der Waals surface area contributed by atoms with Crippen LogP contribution in [-0.4, -0.2) is 39.7 Å². The standard InChI is InChI=1S/C18H27F2N5O2/c1-4-22-13-9-16(27)25(14(23-13)6-5-11(2)17(19)20)10-15(26)24-18(7-8-18)12(3)21/h9,11,17,21-22H,4-8,10H2,1-3H3,(H,24,26). The zero-order valence-electron chi connectivity index (χ0n) is 15.9. The van der Waals surface area contributed by atoms with Gasteiger partial charge in [-0.2, -0.15) is 0 Å². The first-order valence-corrected chi connectivity index (χ1v) is 9.18. The van der Waals surface area contributed by atoms with Crippen LogP contribution < -0.4 is 16.2 Å². The number of carbonyl (C=O) groups excluding carboxylic acids is 1. The number of anilines is 1. The molecule has 9 heteroatoms. The number of hydrogen-bond acceptors (Lipinski definition) is 5. The van der Waals surface area contributed by atoms with Crippen molar-refractivity contribution in [2.24, 2.45) is 5.92 Å². The highest BCUT2D eigenvalue weighted by Crippen LogP contribution is 2.36. The van der Waals surface area contributed by atoms with Crippen LogP contribution in [0, 0.1) is 11.3 Å². The van der Waals surface area contributed by atoms with Crippen molar-refractivity contribution in [3.63, 3.8) is 0 Å². The fourth-order valence-corrected chi connectivity index (χ4v) is 2.84. The van der Waals surface area contributed by atoms with Crippen LogP contribution in [0.5, 0.6) is 0 Å². The highest BCUT2D eigenvalue weighted by atomic mass is 19.3. The normalized spacial score (nSPS) is 16.1.